The van der Waals surface area contributed by atoms with Crippen molar-refractivity contribution >= 4 is 5.91 Å². The third-order valence-electron chi connectivity index (χ3n) is 5.73. The van der Waals surface area contributed by atoms with E-state index in [0.717, 1.165) is 26.0 Å². The van der Waals surface area contributed by atoms with Gasteiger partial charge >= 0.3 is 5.91 Å². The maximum absolute atomic E-state index is 12.3. The molecule has 1 fully saturated rings. The fraction of sp³-hybridized carbons (Fsp3) is 0.957. The lowest BCUT2D eigenvalue weighted by atomic mass is 10.0. The van der Waals surface area contributed by atoms with Crippen molar-refractivity contribution in [2.45, 2.75) is 116 Å². The number of likely N-dealkylation sites (N-methyl/N-ethyl adjacent to an activating group) is 1. The van der Waals surface area contributed by atoms with Crippen LogP contribution in [0.2, 0.25) is 0 Å². The van der Waals surface area contributed by atoms with E-state index in [1.165, 1.54) is 89.9 Å². The molecule has 1 unspecified atom stereocenters. The molecule has 0 bridgehead atoms. The van der Waals surface area contributed by atoms with Gasteiger partial charge in [-0.25, -0.2) is 4.79 Å². The molecular formula is C23H46NO2+. The molecule has 0 aromatic heterocycles. The highest BCUT2D eigenvalue weighted by Gasteiger charge is 2.35. The van der Waals surface area contributed by atoms with E-state index in [0.29, 0.717) is 16.5 Å². The number of unbranched alkanes of at least 4 members (excludes halogenated alkanes) is 14. The Morgan fingerprint density at radius 3 is 1.54 bits per heavy atom. The first-order chi connectivity index (χ1) is 12.6. The number of quaternary nitrogens is 1. The molecule has 1 saturated heterocycles. The Kier molecular flexibility index (Phi) is 13.3. The number of nitrogens with zero attached hydrogens (tertiary/aromatic N) is 1. The van der Waals surface area contributed by atoms with Crippen LogP contribution in [0, 0.1) is 0 Å². The molecule has 3 heteroatoms. The Balaban J connectivity index is 1.78. The van der Waals surface area contributed by atoms with Gasteiger partial charge in [0, 0.05) is 0 Å². The number of amides is 1. The van der Waals surface area contributed by atoms with Gasteiger partial charge in [0.1, 0.15) is 12.6 Å². The van der Waals surface area contributed by atoms with Gasteiger partial charge in [-0.3, -0.25) is 4.48 Å². The summed E-state index contributed by atoms with van der Waals surface area (Å²) < 4.78 is 5.75. The second-order valence-corrected chi connectivity index (χ2v) is 8.92. The second kappa shape index (κ2) is 14.6. The minimum absolute atomic E-state index is 0.329. The monoisotopic (exact) mass is 368 g/mol. The lowest BCUT2D eigenvalue weighted by molar-refractivity contribution is -0.814. The Morgan fingerprint density at radius 1 is 0.769 bits per heavy atom. The molecule has 0 aromatic carbocycles. The normalized spacial score (nSPS) is 16.8. The van der Waals surface area contributed by atoms with E-state index in [9.17, 15) is 4.79 Å². The van der Waals surface area contributed by atoms with Gasteiger partial charge in [0.05, 0.1) is 27.1 Å². The average Bonchev–Trinajstić information content (AvgIpc) is 3.41. The maximum atomic E-state index is 12.3. The number of hydrogen-bond donors (Lipinski definition) is 0. The van der Waals surface area contributed by atoms with Crippen molar-refractivity contribution in [3.8, 4) is 0 Å². The Hall–Kier alpha value is -0.410. The zero-order chi connectivity index (χ0) is 19.1. The molecule has 26 heavy (non-hydrogen) atoms. The van der Waals surface area contributed by atoms with Gasteiger partial charge in [0.2, 0.25) is 0 Å². The molecular weight excluding hydrogens is 322 g/mol. The molecule has 0 aromatic rings. The summed E-state index contributed by atoms with van der Waals surface area (Å²) in [4.78, 5) is 12.3. The highest BCUT2D eigenvalue weighted by Crippen LogP contribution is 2.17. The molecule has 1 heterocycles. The summed E-state index contributed by atoms with van der Waals surface area (Å²) in [5, 5.41) is 0. The third-order valence-corrected chi connectivity index (χ3v) is 5.73. The van der Waals surface area contributed by atoms with Crippen molar-refractivity contribution in [3.63, 3.8) is 0 Å². The van der Waals surface area contributed by atoms with Crippen molar-refractivity contribution in [2.75, 3.05) is 27.2 Å². The van der Waals surface area contributed by atoms with E-state index >= 15 is 0 Å². The summed E-state index contributed by atoms with van der Waals surface area (Å²) in [5.41, 5.74) is 0. The molecule has 3 nitrogen and oxygen atoms in total. The van der Waals surface area contributed by atoms with Gasteiger partial charge < -0.3 is 4.74 Å². The molecule has 0 spiro atoms. The summed E-state index contributed by atoms with van der Waals surface area (Å²) in [6, 6.07) is 0. The average molecular weight is 369 g/mol. The van der Waals surface area contributed by atoms with Crippen molar-refractivity contribution in [1.29, 1.82) is 0 Å². The molecule has 1 aliphatic rings. The number of epoxide rings is 1. The molecule has 0 saturated carbocycles. The van der Waals surface area contributed by atoms with Crippen LogP contribution in [0.4, 0.5) is 0 Å². The zero-order valence-electron chi connectivity index (χ0n) is 18.1. The van der Waals surface area contributed by atoms with Crippen LogP contribution in [0.5, 0.6) is 0 Å². The summed E-state index contributed by atoms with van der Waals surface area (Å²) >= 11 is 0. The predicted molar refractivity (Wildman–Crippen MR) is 111 cm³/mol. The maximum Gasteiger partial charge on any atom is 0.313 e. The highest BCUT2D eigenvalue weighted by atomic mass is 16.6. The molecule has 0 radical (unpaired) electrons. The van der Waals surface area contributed by atoms with Crippen molar-refractivity contribution in [1.82, 2.24) is 0 Å². The second-order valence-electron chi connectivity index (χ2n) is 8.92. The van der Waals surface area contributed by atoms with E-state index in [1.807, 2.05) is 14.1 Å². The van der Waals surface area contributed by atoms with Crippen molar-refractivity contribution < 1.29 is 14.0 Å². The van der Waals surface area contributed by atoms with Crippen LogP contribution >= 0.6 is 0 Å². The van der Waals surface area contributed by atoms with Crippen LogP contribution < -0.4 is 0 Å². The van der Waals surface area contributed by atoms with Crippen molar-refractivity contribution in [2.24, 2.45) is 0 Å². The van der Waals surface area contributed by atoms with Crippen molar-refractivity contribution in [3.05, 3.63) is 0 Å². The first kappa shape index (κ1) is 23.6. The topological polar surface area (TPSA) is 29.6 Å². The fourth-order valence-electron chi connectivity index (χ4n) is 3.73. The van der Waals surface area contributed by atoms with Crippen LogP contribution in [0.1, 0.15) is 110 Å². The quantitative estimate of drug-likeness (QED) is 0.163. The standard InChI is InChI=1S/C23H46NO2/c1-4-5-6-7-8-9-10-11-12-13-14-15-16-17-18-19-23(25)24(2,3)20-22-21-26-22/h22H,4-21H2,1-3H3/q+1. The first-order valence-corrected chi connectivity index (χ1v) is 11.5. The molecule has 1 aliphatic heterocycles. The van der Waals surface area contributed by atoms with Gasteiger partial charge in [-0.05, 0) is 6.42 Å². The van der Waals surface area contributed by atoms with E-state index in [2.05, 4.69) is 6.92 Å². The minimum atomic E-state index is 0.329. The number of ether oxygens (including phenoxy) is 1. The first-order valence-electron chi connectivity index (χ1n) is 11.5. The van der Waals surface area contributed by atoms with E-state index in [4.69, 9.17) is 4.74 Å². The smallest absolute Gasteiger partial charge is 0.313 e. The highest BCUT2D eigenvalue weighted by molar-refractivity contribution is 5.68. The molecule has 1 amide bonds. The van der Waals surface area contributed by atoms with E-state index < -0.39 is 0 Å². The van der Waals surface area contributed by atoms with E-state index in [1.54, 1.807) is 0 Å². The predicted octanol–water partition coefficient (Wildman–Crippen LogP) is 6.25. The fourth-order valence-corrected chi connectivity index (χ4v) is 3.73. The van der Waals surface area contributed by atoms with Gasteiger partial charge in [-0.1, -0.05) is 96.8 Å². The molecule has 0 aliphatic carbocycles. The number of hydrogen-bond acceptors (Lipinski definition) is 2. The van der Waals surface area contributed by atoms with Crippen LogP contribution in [0.25, 0.3) is 0 Å². The summed E-state index contributed by atoms with van der Waals surface area (Å²) in [5.74, 6) is 0.371. The zero-order valence-corrected chi connectivity index (χ0v) is 18.1. The number of carbonyl (C=O) groups excluding carboxylic acids is 1. The van der Waals surface area contributed by atoms with Crippen LogP contribution in [-0.2, 0) is 9.53 Å². The summed E-state index contributed by atoms with van der Waals surface area (Å²) in [7, 11) is 4.05. The van der Waals surface area contributed by atoms with Gasteiger partial charge in [-0.2, -0.15) is 0 Å². The number of rotatable bonds is 18. The lowest BCUT2D eigenvalue weighted by Gasteiger charge is -2.26. The lowest BCUT2D eigenvalue weighted by Crippen LogP contribution is -2.47. The number of carbonyl (C=O) groups is 1. The van der Waals surface area contributed by atoms with Gasteiger partial charge in [0.25, 0.3) is 0 Å². The summed E-state index contributed by atoms with van der Waals surface area (Å²) in [6.45, 7) is 3.97. The molecule has 0 N–H and O–H groups in total. The van der Waals surface area contributed by atoms with Crippen LogP contribution in [-0.4, -0.2) is 43.7 Å². The van der Waals surface area contributed by atoms with Crippen LogP contribution in [0.3, 0.4) is 0 Å². The third kappa shape index (κ3) is 12.9. The Labute approximate surface area is 163 Å². The molecule has 154 valence electrons. The Morgan fingerprint density at radius 2 is 1.15 bits per heavy atom. The van der Waals surface area contributed by atoms with Crippen LogP contribution in [0.15, 0.2) is 0 Å². The minimum Gasteiger partial charge on any atom is -0.367 e. The van der Waals surface area contributed by atoms with Gasteiger partial charge in [-0.15, -0.1) is 0 Å². The molecule has 1 rings (SSSR count). The summed E-state index contributed by atoms with van der Waals surface area (Å²) in [6.07, 6.45) is 21.6. The van der Waals surface area contributed by atoms with Gasteiger partial charge in [0.15, 0.2) is 0 Å². The molecule has 1 atom stereocenters. The van der Waals surface area contributed by atoms with E-state index in [-0.39, 0.29) is 0 Å². The Bertz CT molecular complexity index is 350. The largest absolute Gasteiger partial charge is 0.367 e. The SMILES string of the molecule is CCCCCCCCCCCCCCCCCC(=O)[N+](C)(C)CC1CO1.